The van der Waals surface area contributed by atoms with E-state index < -0.39 is 11.9 Å². The second-order valence-electron chi connectivity index (χ2n) is 3.90. The van der Waals surface area contributed by atoms with Crippen LogP contribution in [0.15, 0.2) is 18.2 Å². The fraction of sp³-hybridized carbons (Fsp3) is 0.417. The summed E-state index contributed by atoms with van der Waals surface area (Å²) >= 11 is 0. The van der Waals surface area contributed by atoms with E-state index in [1.54, 1.807) is 0 Å². The number of carboxylic acids is 1. The molecule has 0 aromatic heterocycles. The molecule has 4 heteroatoms. The number of rotatable bonds is 3. The molecule has 0 saturated carbocycles. The van der Waals surface area contributed by atoms with Crippen LogP contribution in [-0.2, 0) is 4.79 Å². The molecule has 0 fully saturated rings. The first-order valence-electron chi connectivity index (χ1n) is 5.40. The average molecular weight is 221 g/mol. The van der Waals surface area contributed by atoms with Crippen molar-refractivity contribution in [2.24, 2.45) is 0 Å². The van der Waals surface area contributed by atoms with Gasteiger partial charge in [-0.15, -0.1) is 0 Å². The number of carbonyl (C=O) groups is 1. The third-order valence-corrected chi connectivity index (χ3v) is 2.83. The largest absolute Gasteiger partial charge is 0.492 e. The van der Waals surface area contributed by atoms with Crippen molar-refractivity contribution in [2.75, 3.05) is 11.9 Å². The molecule has 0 bridgehead atoms. The summed E-state index contributed by atoms with van der Waals surface area (Å²) in [5.74, 6) is -0.557. The summed E-state index contributed by atoms with van der Waals surface area (Å²) in [7, 11) is 0. The molecular weight excluding hydrogens is 206 g/mol. The lowest BCUT2D eigenvalue weighted by atomic mass is 9.96. The number of ether oxygens (including phenoxy) is 1. The molecule has 0 radical (unpaired) electrons. The molecule has 16 heavy (non-hydrogen) atoms. The van der Waals surface area contributed by atoms with Gasteiger partial charge in [-0.1, -0.05) is 12.1 Å². The van der Waals surface area contributed by atoms with Crippen LogP contribution in [0, 0.1) is 0 Å². The monoisotopic (exact) mass is 221 g/mol. The number of nitrogens with one attached hydrogen (secondary N) is 1. The Morgan fingerprint density at radius 2 is 2.31 bits per heavy atom. The van der Waals surface area contributed by atoms with Gasteiger partial charge in [0.1, 0.15) is 11.7 Å². The van der Waals surface area contributed by atoms with E-state index in [9.17, 15) is 9.90 Å². The molecule has 1 aromatic rings. The van der Waals surface area contributed by atoms with Crippen molar-refractivity contribution >= 4 is 11.7 Å². The topological polar surface area (TPSA) is 58.6 Å². The predicted molar refractivity (Wildman–Crippen MR) is 61.1 cm³/mol. The minimum absolute atomic E-state index is 0.103. The summed E-state index contributed by atoms with van der Waals surface area (Å²) in [4.78, 5) is 11.2. The molecule has 1 aromatic carbocycles. The van der Waals surface area contributed by atoms with Crippen LogP contribution < -0.4 is 10.1 Å². The van der Waals surface area contributed by atoms with Crippen LogP contribution in [-0.4, -0.2) is 23.7 Å². The smallest absolute Gasteiger partial charge is 0.313 e. The maximum Gasteiger partial charge on any atom is 0.313 e. The molecule has 0 spiro atoms. The summed E-state index contributed by atoms with van der Waals surface area (Å²) in [6.45, 7) is 4.35. The lowest BCUT2D eigenvalue weighted by Gasteiger charge is -2.09. The first-order valence-corrected chi connectivity index (χ1v) is 5.40. The van der Waals surface area contributed by atoms with Crippen LogP contribution >= 0.6 is 0 Å². The summed E-state index contributed by atoms with van der Waals surface area (Å²) in [5, 5.41) is 12.3. The third-order valence-electron chi connectivity index (χ3n) is 2.83. The maximum atomic E-state index is 11.2. The summed E-state index contributed by atoms with van der Waals surface area (Å²) in [6, 6.07) is 5.42. The van der Waals surface area contributed by atoms with Crippen LogP contribution in [0.1, 0.15) is 25.3 Å². The lowest BCUT2D eigenvalue weighted by molar-refractivity contribution is -0.138. The number of benzene rings is 1. The molecule has 0 aliphatic carbocycles. The van der Waals surface area contributed by atoms with Crippen molar-refractivity contribution in [3.63, 3.8) is 0 Å². The van der Waals surface area contributed by atoms with Crippen molar-refractivity contribution in [3.8, 4) is 5.75 Å². The van der Waals surface area contributed by atoms with E-state index in [-0.39, 0.29) is 6.04 Å². The van der Waals surface area contributed by atoms with Crippen molar-refractivity contribution < 1.29 is 14.6 Å². The van der Waals surface area contributed by atoms with Gasteiger partial charge in [-0.25, -0.2) is 0 Å². The van der Waals surface area contributed by atoms with Gasteiger partial charge in [-0.05, 0) is 25.5 Å². The molecule has 86 valence electrons. The molecular formula is C12H15NO3. The van der Waals surface area contributed by atoms with Crippen LogP contribution in [0.4, 0.5) is 5.69 Å². The zero-order chi connectivity index (χ0) is 11.7. The van der Waals surface area contributed by atoms with Gasteiger partial charge in [-0.2, -0.15) is 0 Å². The van der Waals surface area contributed by atoms with Crippen LogP contribution in [0.5, 0.6) is 5.75 Å². The molecule has 4 nitrogen and oxygen atoms in total. The van der Waals surface area contributed by atoms with E-state index in [4.69, 9.17) is 4.74 Å². The fourth-order valence-corrected chi connectivity index (χ4v) is 2.16. The highest BCUT2D eigenvalue weighted by molar-refractivity contribution is 5.85. The van der Waals surface area contributed by atoms with Gasteiger partial charge in [0.05, 0.1) is 12.3 Å². The van der Waals surface area contributed by atoms with Crippen molar-refractivity contribution in [2.45, 2.75) is 25.8 Å². The van der Waals surface area contributed by atoms with Gasteiger partial charge in [-0.3, -0.25) is 4.79 Å². The molecule has 0 amide bonds. The first-order chi connectivity index (χ1) is 7.65. The minimum atomic E-state index is -0.799. The van der Waals surface area contributed by atoms with Crippen molar-refractivity contribution in [1.29, 1.82) is 0 Å². The number of fused-ring (bicyclic) bond motifs is 1. The Balaban J connectivity index is 2.44. The standard InChI is InChI=1S/C12H15NO3/c1-3-16-9-6-4-5-8-10(12(14)15)7(2)13-11(8)9/h4-7,10,13H,3H2,1-2H3,(H,14,15). The van der Waals surface area contributed by atoms with Crippen molar-refractivity contribution in [1.82, 2.24) is 0 Å². The van der Waals surface area contributed by atoms with E-state index in [0.29, 0.717) is 6.61 Å². The fourth-order valence-electron chi connectivity index (χ4n) is 2.16. The van der Waals surface area contributed by atoms with Gasteiger partial charge >= 0.3 is 5.97 Å². The maximum absolute atomic E-state index is 11.2. The van der Waals surface area contributed by atoms with Gasteiger partial charge < -0.3 is 15.2 Å². The van der Waals surface area contributed by atoms with E-state index in [0.717, 1.165) is 17.0 Å². The molecule has 2 atom stereocenters. The van der Waals surface area contributed by atoms with E-state index >= 15 is 0 Å². The van der Waals surface area contributed by atoms with Gasteiger partial charge in [0, 0.05) is 6.04 Å². The summed E-state index contributed by atoms with van der Waals surface area (Å²) < 4.78 is 5.47. The summed E-state index contributed by atoms with van der Waals surface area (Å²) in [6.07, 6.45) is 0. The Kier molecular flexibility index (Phi) is 2.73. The van der Waals surface area contributed by atoms with Gasteiger partial charge in [0.15, 0.2) is 0 Å². The highest BCUT2D eigenvalue weighted by Gasteiger charge is 2.36. The Labute approximate surface area is 94.2 Å². The van der Waals surface area contributed by atoms with E-state index in [1.165, 1.54) is 0 Å². The lowest BCUT2D eigenvalue weighted by Crippen LogP contribution is -2.22. The zero-order valence-electron chi connectivity index (χ0n) is 9.36. The zero-order valence-corrected chi connectivity index (χ0v) is 9.36. The second-order valence-corrected chi connectivity index (χ2v) is 3.90. The Bertz CT molecular complexity index is 417. The number of hydrogen-bond donors (Lipinski definition) is 2. The number of carboxylic acid groups (broad SMARTS) is 1. The molecule has 1 heterocycles. The SMILES string of the molecule is CCOc1cccc2c1NC(C)C2C(=O)O. The van der Waals surface area contributed by atoms with Crippen molar-refractivity contribution in [3.05, 3.63) is 23.8 Å². The summed E-state index contributed by atoms with van der Waals surface area (Å²) in [5.41, 5.74) is 1.63. The molecule has 1 aliphatic rings. The molecule has 2 rings (SSSR count). The highest BCUT2D eigenvalue weighted by Crippen LogP contribution is 2.41. The molecule has 2 N–H and O–H groups in total. The predicted octanol–water partition coefficient (Wildman–Crippen LogP) is 2.07. The number of anilines is 1. The van der Waals surface area contributed by atoms with Crippen LogP contribution in [0.25, 0.3) is 0 Å². The average Bonchev–Trinajstić information content (AvgIpc) is 2.55. The number of para-hydroxylation sites is 1. The Hall–Kier alpha value is -1.71. The molecule has 2 unspecified atom stereocenters. The van der Waals surface area contributed by atoms with Crippen LogP contribution in [0.3, 0.4) is 0 Å². The normalized spacial score (nSPS) is 22.4. The molecule has 1 aliphatic heterocycles. The van der Waals surface area contributed by atoms with Gasteiger partial charge in [0.25, 0.3) is 0 Å². The number of aliphatic carboxylic acids is 1. The Morgan fingerprint density at radius 1 is 1.56 bits per heavy atom. The molecule has 0 saturated heterocycles. The quantitative estimate of drug-likeness (QED) is 0.820. The Morgan fingerprint density at radius 3 is 2.94 bits per heavy atom. The second kappa shape index (κ2) is 4.04. The van der Waals surface area contributed by atoms with Gasteiger partial charge in [0.2, 0.25) is 0 Å². The third kappa shape index (κ3) is 1.60. The first kappa shape index (κ1) is 10.8. The highest BCUT2D eigenvalue weighted by atomic mass is 16.5. The minimum Gasteiger partial charge on any atom is -0.492 e. The van der Waals surface area contributed by atoms with E-state index in [2.05, 4.69) is 5.32 Å². The number of hydrogen-bond acceptors (Lipinski definition) is 3. The van der Waals surface area contributed by atoms with Crippen LogP contribution in [0.2, 0.25) is 0 Å². The van der Waals surface area contributed by atoms with E-state index in [1.807, 2.05) is 32.0 Å².